The quantitative estimate of drug-likeness (QED) is 0.409. The highest BCUT2D eigenvalue weighted by atomic mass is 127. The molecule has 23 heavy (non-hydrogen) atoms. The van der Waals surface area contributed by atoms with E-state index in [1.165, 1.54) is 32.4 Å². The van der Waals surface area contributed by atoms with Crippen molar-refractivity contribution in [1.82, 2.24) is 4.90 Å². The fraction of sp³-hybridized carbons (Fsp3) is 0.562. The predicted molar refractivity (Wildman–Crippen MR) is 105 cm³/mol. The summed E-state index contributed by atoms with van der Waals surface area (Å²) < 4.78 is 10.5. The third kappa shape index (κ3) is 6.42. The van der Waals surface area contributed by atoms with E-state index in [-0.39, 0.29) is 24.0 Å². The summed E-state index contributed by atoms with van der Waals surface area (Å²) in [4.78, 5) is 6.82. The number of halogens is 1. The molecule has 1 aromatic rings. The molecule has 1 fully saturated rings. The van der Waals surface area contributed by atoms with Crippen LogP contribution in [0.1, 0.15) is 19.3 Å². The van der Waals surface area contributed by atoms with Crippen molar-refractivity contribution in [3.63, 3.8) is 0 Å². The van der Waals surface area contributed by atoms with Crippen LogP contribution in [0.3, 0.4) is 0 Å². The summed E-state index contributed by atoms with van der Waals surface area (Å²) in [6.07, 6.45) is 3.94. The van der Waals surface area contributed by atoms with E-state index in [4.69, 9.17) is 15.2 Å². The zero-order valence-electron chi connectivity index (χ0n) is 13.9. The summed E-state index contributed by atoms with van der Waals surface area (Å²) in [5.74, 6) is 1.77. The first-order valence-corrected chi connectivity index (χ1v) is 7.74. The third-order valence-corrected chi connectivity index (χ3v) is 3.80. The van der Waals surface area contributed by atoms with E-state index in [1.807, 2.05) is 18.2 Å². The Morgan fingerprint density at radius 1 is 1.17 bits per heavy atom. The molecule has 0 unspecified atom stereocenters. The number of methoxy groups -OCH3 is 2. The Morgan fingerprint density at radius 3 is 2.52 bits per heavy atom. The highest BCUT2D eigenvalue weighted by molar-refractivity contribution is 14.0. The summed E-state index contributed by atoms with van der Waals surface area (Å²) in [7, 11) is 3.22. The third-order valence-electron chi connectivity index (χ3n) is 3.80. The molecule has 0 aromatic heterocycles. The van der Waals surface area contributed by atoms with Crippen LogP contribution >= 0.6 is 24.0 Å². The molecular weight excluding hydrogens is 407 g/mol. The number of ether oxygens (including phenoxy) is 2. The number of nitrogens with two attached hydrogens (primary N) is 1. The number of piperidine rings is 1. The van der Waals surface area contributed by atoms with Crippen molar-refractivity contribution < 1.29 is 9.47 Å². The van der Waals surface area contributed by atoms with E-state index < -0.39 is 0 Å². The van der Waals surface area contributed by atoms with Crippen molar-refractivity contribution in [3.05, 3.63) is 18.2 Å². The van der Waals surface area contributed by atoms with Gasteiger partial charge in [0, 0.05) is 18.3 Å². The molecule has 0 spiro atoms. The van der Waals surface area contributed by atoms with Crippen LogP contribution in [-0.2, 0) is 0 Å². The molecule has 1 aromatic carbocycles. The predicted octanol–water partition coefficient (Wildman–Crippen LogP) is 2.53. The second kappa shape index (κ2) is 10.5. The van der Waals surface area contributed by atoms with E-state index in [0.29, 0.717) is 24.0 Å². The average Bonchev–Trinajstić information content (AvgIpc) is 2.55. The molecule has 1 aliphatic heterocycles. The number of benzene rings is 1. The molecule has 7 heteroatoms. The van der Waals surface area contributed by atoms with Crippen LogP contribution in [0.2, 0.25) is 0 Å². The maximum absolute atomic E-state index is 5.93. The number of anilines is 1. The molecule has 1 saturated heterocycles. The first-order valence-electron chi connectivity index (χ1n) is 7.74. The topological polar surface area (TPSA) is 72.1 Å². The van der Waals surface area contributed by atoms with Crippen molar-refractivity contribution in [1.29, 1.82) is 0 Å². The zero-order valence-corrected chi connectivity index (χ0v) is 16.2. The molecule has 0 aliphatic carbocycles. The van der Waals surface area contributed by atoms with E-state index in [0.717, 1.165) is 12.2 Å². The van der Waals surface area contributed by atoms with Crippen LogP contribution in [0, 0.1) is 0 Å². The van der Waals surface area contributed by atoms with Gasteiger partial charge in [-0.15, -0.1) is 24.0 Å². The Hall–Kier alpha value is -1.22. The van der Waals surface area contributed by atoms with Crippen molar-refractivity contribution in [2.24, 2.45) is 10.7 Å². The van der Waals surface area contributed by atoms with Gasteiger partial charge >= 0.3 is 0 Å². The average molecular weight is 434 g/mol. The van der Waals surface area contributed by atoms with Crippen LogP contribution in [0.25, 0.3) is 0 Å². The number of nitrogens with one attached hydrogen (secondary N) is 1. The molecule has 1 heterocycles. The number of likely N-dealkylation sites (tertiary alicyclic amines) is 1. The first-order chi connectivity index (χ1) is 10.7. The fourth-order valence-corrected chi connectivity index (χ4v) is 2.60. The molecule has 0 amide bonds. The van der Waals surface area contributed by atoms with E-state index >= 15 is 0 Å². The van der Waals surface area contributed by atoms with Crippen LogP contribution in [0.4, 0.5) is 5.69 Å². The largest absolute Gasteiger partial charge is 0.493 e. The van der Waals surface area contributed by atoms with Gasteiger partial charge in [-0.1, -0.05) is 6.42 Å². The van der Waals surface area contributed by atoms with Crippen LogP contribution in [0.15, 0.2) is 23.2 Å². The molecule has 1 aliphatic rings. The Bertz CT molecular complexity index is 505. The van der Waals surface area contributed by atoms with Crippen LogP contribution in [-0.4, -0.2) is 51.3 Å². The number of nitrogens with zero attached hydrogens (tertiary/aromatic N) is 2. The van der Waals surface area contributed by atoms with Gasteiger partial charge in [0.1, 0.15) is 0 Å². The number of guanidine groups is 1. The minimum atomic E-state index is 0. The number of rotatable bonds is 6. The van der Waals surface area contributed by atoms with Gasteiger partial charge in [-0.25, -0.2) is 0 Å². The number of hydrogen-bond acceptors (Lipinski definition) is 4. The highest BCUT2D eigenvalue weighted by Gasteiger charge is 2.09. The first kappa shape index (κ1) is 19.8. The lowest BCUT2D eigenvalue weighted by molar-refractivity contribution is 0.235. The SMILES string of the molecule is COc1ccc(NC(N)=NCCN2CCCCC2)cc1OC.I. The normalized spacial score (nSPS) is 15.7. The maximum atomic E-state index is 5.93. The Morgan fingerprint density at radius 2 is 1.87 bits per heavy atom. The molecular formula is C16H27IN4O2. The van der Waals surface area contributed by atoms with Gasteiger partial charge in [-0.2, -0.15) is 0 Å². The summed E-state index contributed by atoms with van der Waals surface area (Å²) in [5.41, 5.74) is 6.76. The summed E-state index contributed by atoms with van der Waals surface area (Å²) in [6, 6.07) is 5.56. The molecule has 0 bridgehead atoms. The molecule has 0 atom stereocenters. The smallest absolute Gasteiger partial charge is 0.193 e. The van der Waals surface area contributed by atoms with Crippen molar-refractivity contribution in [2.75, 3.05) is 45.7 Å². The lowest BCUT2D eigenvalue weighted by Crippen LogP contribution is -2.32. The van der Waals surface area contributed by atoms with Gasteiger partial charge in [-0.05, 0) is 38.1 Å². The van der Waals surface area contributed by atoms with Crippen molar-refractivity contribution in [2.45, 2.75) is 19.3 Å². The lowest BCUT2D eigenvalue weighted by Gasteiger charge is -2.25. The van der Waals surface area contributed by atoms with Gasteiger partial charge in [0.05, 0.1) is 20.8 Å². The minimum absolute atomic E-state index is 0. The lowest BCUT2D eigenvalue weighted by atomic mass is 10.1. The van der Waals surface area contributed by atoms with Crippen LogP contribution in [0.5, 0.6) is 11.5 Å². The van der Waals surface area contributed by atoms with E-state index in [9.17, 15) is 0 Å². The van der Waals surface area contributed by atoms with Crippen molar-refractivity contribution >= 4 is 35.6 Å². The summed E-state index contributed by atoms with van der Waals surface area (Å²) in [6.45, 7) is 4.04. The second-order valence-corrected chi connectivity index (χ2v) is 5.36. The van der Waals surface area contributed by atoms with Gasteiger partial charge < -0.3 is 25.4 Å². The molecule has 0 radical (unpaired) electrons. The summed E-state index contributed by atoms with van der Waals surface area (Å²) in [5, 5.41) is 3.08. The highest BCUT2D eigenvalue weighted by Crippen LogP contribution is 2.29. The monoisotopic (exact) mass is 434 g/mol. The molecule has 3 N–H and O–H groups in total. The number of aliphatic imine (C=N–C) groups is 1. The van der Waals surface area contributed by atoms with Gasteiger partial charge in [-0.3, -0.25) is 4.99 Å². The molecule has 2 rings (SSSR count). The summed E-state index contributed by atoms with van der Waals surface area (Å²) >= 11 is 0. The van der Waals surface area contributed by atoms with Gasteiger partial charge in [0.15, 0.2) is 17.5 Å². The van der Waals surface area contributed by atoms with E-state index in [1.54, 1.807) is 14.2 Å². The molecule has 130 valence electrons. The van der Waals surface area contributed by atoms with Gasteiger partial charge in [0.2, 0.25) is 0 Å². The van der Waals surface area contributed by atoms with Crippen molar-refractivity contribution in [3.8, 4) is 11.5 Å². The Balaban J connectivity index is 0.00000264. The Kier molecular flexibility index (Phi) is 9.08. The number of hydrogen-bond donors (Lipinski definition) is 2. The van der Waals surface area contributed by atoms with Gasteiger partial charge in [0.25, 0.3) is 0 Å². The standard InChI is InChI=1S/C16H26N4O2.HI/c1-21-14-7-6-13(12-15(14)22-2)19-16(17)18-8-11-20-9-4-3-5-10-20;/h6-7,12H,3-5,8-11H2,1-2H3,(H3,17,18,19);1H. The van der Waals surface area contributed by atoms with E-state index in [2.05, 4.69) is 15.2 Å². The Labute approximate surface area is 155 Å². The second-order valence-electron chi connectivity index (χ2n) is 5.36. The van der Waals surface area contributed by atoms with Crippen LogP contribution < -0.4 is 20.5 Å². The zero-order chi connectivity index (χ0) is 15.8. The fourth-order valence-electron chi connectivity index (χ4n) is 2.60. The minimum Gasteiger partial charge on any atom is -0.493 e. The maximum Gasteiger partial charge on any atom is 0.193 e. The molecule has 6 nitrogen and oxygen atoms in total. The molecule has 0 saturated carbocycles.